The van der Waals surface area contributed by atoms with Crippen molar-refractivity contribution in [1.29, 1.82) is 0 Å². The molecule has 2 atom stereocenters. The molecule has 0 saturated carbocycles. The Morgan fingerprint density at radius 2 is 1.84 bits per heavy atom. The molecule has 1 aliphatic heterocycles. The molecule has 2 unspecified atom stereocenters. The SMILES string of the molecule is CC(C)C(NC(=O)NC1CCS(=O)(=O)C1)C(=O)Nc1ccc(F)cc1. The molecule has 1 aliphatic rings. The lowest BCUT2D eigenvalue weighted by Crippen LogP contribution is -2.52. The number of hydrogen-bond donors (Lipinski definition) is 3. The molecule has 138 valence electrons. The highest BCUT2D eigenvalue weighted by Crippen LogP contribution is 2.13. The number of benzene rings is 1. The standard InChI is InChI=1S/C16H22FN3O4S/c1-10(2)14(15(21)18-12-5-3-11(17)4-6-12)20-16(22)19-13-7-8-25(23,24)9-13/h3-6,10,13-14H,7-9H2,1-2H3,(H,18,21)(H2,19,20,22). The third-order valence-corrected chi connectivity index (χ3v) is 5.68. The molecule has 3 amide bonds. The van der Waals surface area contributed by atoms with Crippen LogP contribution >= 0.6 is 0 Å². The van der Waals surface area contributed by atoms with E-state index >= 15 is 0 Å². The molecule has 0 aromatic heterocycles. The molecule has 1 heterocycles. The van der Waals surface area contributed by atoms with Gasteiger partial charge in [-0.3, -0.25) is 4.79 Å². The molecular weight excluding hydrogens is 349 g/mol. The second kappa shape index (κ2) is 7.81. The summed E-state index contributed by atoms with van der Waals surface area (Å²) in [5, 5.41) is 7.78. The molecule has 7 nitrogen and oxygen atoms in total. The van der Waals surface area contributed by atoms with Gasteiger partial charge in [0.15, 0.2) is 9.84 Å². The van der Waals surface area contributed by atoms with Crippen LogP contribution in [0.2, 0.25) is 0 Å². The van der Waals surface area contributed by atoms with E-state index in [2.05, 4.69) is 16.0 Å². The summed E-state index contributed by atoms with van der Waals surface area (Å²) in [6, 6.07) is 3.44. The first-order valence-corrected chi connectivity index (χ1v) is 9.82. The third-order valence-electron chi connectivity index (χ3n) is 3.92. The van der Waals surface area contributed by atoms with Crippen molar-refractivity contribution in [2.45, 2.75) is 32.4 Å². The van der Waals surface area contributed by atoms with Crippen LogP contribution in [0, 0.1) is 11.7 Å². The number of halogens is 1. The third kappa shape index (κ3) is 5.70. The fraction of sp³-hybridized carbons (Fsp3) is 0.500. The topological polar surface area (TPSA) is 104 Å². The highest BCUT2D eigenvalue weighted by Gasteiger charge is 2.30. The number of hydrogen-bond acceptors (Lipinski definition) is 4. The fourth-order valence-corrected chi connectivity index (χ4v) is 4.24. The van der Waals surface area contributed by atoms with E-state index in [9.17, 15) is 22.4 Å². The van der Waals surface area contributed by atoms with E-state index in [0.29, 0.717) is 12.1 Å². The number of amides is 3. The molecule has 0 aliphatic carbocycles. The van der Waals surface area contributed by atoms with Crippen molar-refractivity contribution >= 4 is 27.5 Å². The molecule has 1 aromatic rings. The van der Waals surface area contributed by atoms with Crippen LogP contribution < -0.4 is 16.0 Å². The van der Waals surface area contributed by atoms with Gasteiger partial charge in [-0.05, 0) is 36.6 Å². The zero-order valence-corrected chi connectivity index (χ0v) is 14.9. The first kappa shape index (κ1) is 19.2. The minimum absolute atomic E-state index is 0.0522. The minimum Gasteiger partial charge on any atom is -0.334 e. The second-order valence-corrected chi connectivity index (χ2v) is 8.66. The fourth-order valence-electron chi connectivity index (χ4n) is 2.57. The van der Waals surface area contributed by atoms with Crippen LogP contribution in [0.4, 0.5) is 14.9 Å². The van der Waals surface area contributed by atoms with Gasteiger partial charge < -0.3 is 16.0 Å². The Balaban J connectivity index is 1.94. The van der Waals surface area contributed by atoms with Gasteiger partial charge in [0, 0.05) is 11.7 Å². The van der Waals surface area contributed by atoms with Crippen molar-refractivity contribution < 1.29 is 22.4 Å². The van der Waals surface area contributed by atoms with Crippen molar-refractivity contribution in [2.24, 2.45) is 5.92 Å². The Labute approximate surface area is 146 Å². The van der Waals surface area contributed by atoms with Crippen LogP contribution in [-0.2, 0) is 14.6 Å². The zero-order chi connectivity index (χ0) is 18.6. The van der Waals surface area contributed by atoms with Gasteiger partial charge in [-0.2, -0.15) is 0 Å². The predicted octanol–water partition coefficient (Wildman–Crippen LogP) is 1.28. The van der Waals surface area contributed by atoms with Gasteiger partial charge in [-0.1, -0.05) is 13.8 Å². The number of nitrogens with one attached hydrogen (secondary N) is 3. The van der Waals surface area contributed by atoms with Crippen LogP contribution in [0.1, 0.15) is 20.3 Å². The number of carbonyl (C=O) groups is 2. The first-order valence-electron chi connectivity index (χ1n) is 8.00. The van der Waals surface area contributed by atoms with Gasteiger partial charge in [0.2, 0.25) is 5.91 Å². The smallest absolute Gasteiger partial charge is 0.315 e. The summed E-state index contributed by atoms with van der Waals surface area (Å²) >= 11 is 0. The number of urea groups is 1. The Kier molecular flexibility index (Phi) is 5.99. The quantitative estimate of drug-likeness (QED) is 0.725. The maximum absolute atomic E-state index is 12.9. The van der Waals surface area contributed by atoms with Gasteiger partial charge in [0.25, 0.3) is 0 Å². The summed E-state index contributed by atoms with van der Waals surface area (Å²) in [6.45, 7) is 3.55. The lowest BCUT2D eigenvalue weighted by molar-refractivity contribution is -0.118. The largest absolute Gasteiger partial charge is 0.334 e. The second-order valence-electron chi connectivity index (χ2n) is 6.44. The van der Waals surface area contributed by atoms with Crippen molar-refractivity contribution in [1.82, 2.24) is 10.6 Å². The van der Waals surface area contributed by atoms with E-state index in [1.807, 2.05) is 0 Å². The van der Waals surface area contributed by atoms with Gasteiger partial charge >= 0.3 is 6.03 Å². The summed E-state index contributed by atoms with van der Waals surface area (Å²) in [4.78, 5) is 24.5. The number of rotatable bonds is 5. The number of sulfone groups is 1. The van der Waals surface area contributed by atoms with E-state index in [4.69, 9.17) is 0 Å². The summed E-state index contributed by atoms with van der Waals surface area (Å²) in [5.41, 5.74) is 0.418. The van der Waals surface area contributed by atoms with Crippen LogP contribution in [0.15, 0.2) is 24.3 Å². The maximum Gasteiger partial charge on any atom is 0.315 e. The van der Waals surface area contributed by atoms with Crippen molar-refractivity contribution in [3.05, 3.63) is 30.1 Å². The van der Waals surface area contributed by atoms with E-state index in [0.717, 1.165) is 0 Å². The molecule has 9 heteroatoms. The highest BCUT2D eigenvalue weighted by atomic mass is 32.2. The highest BCUT2D eigenvalue weighted by molar-refractivity contribution is 7.91. The molecule has 1 saturated heterocycles. The van der Waals surface area contributed by atoms with Crippen LogP contribution in [0.25, 0.3) is 0 Å². The van der Waals surface area contributed by atoms with Crippen LogP contribution in [0.5, 0.6) is 0 Å². The van der Waals surface area contributed by atoms with Crippen molar-refractivity contribution in [3.8, 4) is 0 Å². The van der Waals surface area contributed by atoms with Crippen LogP contribution in [0.3, 0.4) is 0 Å². The zero-order valence-electron chi connectivity index (χ0n) is 14.1. The Bertz CT molecular complexity index is 734. The lowest BCUT2D eigenvalue weighted by atomic mass is 10.0. The van der Waals surface area contributed by atoms with E-state index in [1.54, 1.807) is 13.8 Å². The molecule has 25 heavy (non-hydrogen) atoms. The van der Waals surface area contributed by atoms with Crippen molar-refractivity contribution in [3.63, 3.8) is 0 Å². The first-order chi connectivity index (χ1) is 11.7. The average Bonchev–Trinajstić information content (AvgIpc) is 2.85. The van der Waals surface area contributed by atoms with Crippen LogP contribution in [-0.4, -0.2) is 43.9 Å². The monoisotopic (exact) mass is 371 g/mol. The molecule has 3 N–H and O–H groups in total. The molecule has 0 spiro atoms. The molecule has 1 aromatic carbocycles. The lowest BCUT2D eigenvalue weighted by Gasteiger charge is -2.23. The van der Waals surface area contributed by atoms with Gasteiger partial charge in [0.1, 0.15) is 11.9 Å². The molecule has 2 rings (SSSR count). The van der Waals surface area contributed by atoms with Gasteiger partial charge in [-0.25, -0.2) is 17.6 Å². The Hall–Kier alpha value is -2.16. The molecule has 1 fully saturated rings. The van der Waals surface area contributed by atoms with Gasteiger partial charge in [-0.15, -0.1) is 0 Å². The maximum atomic E-state index is 12.9. The minimum atomic E-state index is -3.10. The number of anilines is 1. The molecular formula is C16H22FN3O4S. The molecule has 0 bridgehead atoms. The average molecular weight is 371 g/mol. The normalized spacial score (nSPS) is 20.1. The van der Waals surface area contributed by atoms with E-state index in [-0.39, 0.29) is 17.4 Å². The summed E-state index contributed by atoms with van der Waals surface area (Å²) in [6.07, 6.45) is 0.365. The molecule has 0 radical (unpaired) electrons. The Morgan fingerprint density at radius 3 is 2.36 bits per heavy atom. The van der Waals surface area contributed by atoms with E-state index in [1.165, 1.54) is 24.3 Å². The van der Waals surface area contributed by atoms with E-state index < -0.39 is 39.7 Å². The summed E-state index contributed by atoms with van der Waals surface area (Å²) < 4.78 is 35.8. The van der Waals surface area contributed by atoms with Gasteiger partial charge in [0.05, 0.1) is 11.5 Å². The number of carbonyl (C=O) groups excluding carboxylic acids is 2. The Morgan fingerprint density at radius 1 is 1.20 bits per heavy atom. The summed E-state index contributed by atoms with van der Waals surface area (Å²) in [7, 11) is -3.10. The predicted molar refractivity (Wildman–Crippen MR) is 92.4 cm³/mol. The van der Waals surface area contributed by atoms with Crippen molar-refractivity contribution in [2.75, 3.05) is 16.8 Å². The summed E-state index contributed by atoms with van der Waals surface area (Å²) in [5.74, 6) is -1.08.